The number of hydrogen-bond acceptors (Lipinski definition) is 4. The molecule has 0 aliphatic carbocycles. The van der Waals surface area contributed by atoms with E-state index in [2.05, 4.69) is 15.2 Å². The Balaban J connectivity index is 1.84. The zero-order valence-electron chi connectivity index (χ0n) is 11.8. The Bertz CT molecular complexity index is 658. The molecule has 2 aromatic rings. The fraction of sp³-hybridized carbons (Fsp3) is 0.467. The lowest BCUT2D eigenvalue weighted by atomic mass is 10.2. The number of benzene rings is 1. The fourth-order valence-electron chi connectivity index (χ4n) is 2.68. The number of nitrogens with one attached hydrogen (secondary N) is 1. The minimum atomic E-state index is 0.0471. The molecule has 1 aliphatic heterocycles. The molecule has 5 nitrogen and oxygen atoms in total. The van der Waals surface area contributed by atoms with Crippen LogP contribution in [0.4, 0.5) is 0 Å². The van der Waals surface area contributed by atoms with E-state index < -0.39 is 0 Å². The molecule has 2 heterocycles. The topological polar surface area (TPSA) is 50.2 Å². The predicted molar refractivity (Wildman–Crippen MR) is 80.0 cm³/mol. The summed E-state index contributed by atoms with van der Waals surface area (Å²) in [5.74, 6) is 0.868. The lowest BCUT2D eigenvalue weighted by molar-refractivity contribution is 0.241. The van der Waals surface area contributed by atoms with Crippen LogP contribution in [-0.4, -0.2) is 47.2 Å². The third kappa shape index (κ3) is 2.59. The molecule has 1 aromatic carbocycles. The minimum absolute atomic E-state index is 0.0471. The number of aromatic nitrogens is 2. The Hall–Kier alpha value is -1.72. The van der Waals surface area contributed by atoms with Crippen molar-refractivity contribution in [2.24, 2.45) is 7.05 Å². The molecule has 1 aliphatic rings. The molecule has 3 rings (SSSR count). The van der Waals surface area contributed by atoms with Crippen molar-refractivity contribution in [1.29, 1.82) is 0 Å². The number of fused-ring (bicyclic) bond motifs is 1. The Morgan fingerprint density at radius 1 is 1.25 bits per heavy atom. The van der Waals surface area contributed by atoms with Gasteiger partial charge in [-0.25, -0.2) is 4.98 Å². The average molecular weight is 272 g/mol. The van der Waals surface area contributed by atoms with Gasteiger partial charge in [-0.3, -0.25) is 9.36 Å². The first kappa shape index (κ1) is 13.3. The Morgan fingerprint density at radius 3 is 2.80 bits per heavy atom. The van der Waals surface area contributed by atoms with Gasteiger partial charge in [-0.2, -0.15) is 0 Å². The zero-order chi connectivity index (χ0) is 13.9. The maximum Gasteiger partial charge on any atom is 0.261 e. The molecule has 20 heavy (non-hydrogen) atoms. The molecule has 0 spiro atoms. The van der Waals surface area contributed by atoms with Crippen molar-refractivity contribution in [2.75, 3.05) is 32.7 Å². The highest BCUT2D eigenvalue weighted by Crippen LogP contribution is 2.08. The molecule has 0 saturated carbocycles. The largest absolute Gasteiger partial charge is 0.314 e. The molecule has 0 atom stereocenters. The summed E-state index contributed by atoms with van der Waals surface area (Å²) in [6.07, 6.45) is 0.816. The van der Waals surface area contributed by atoms with Gasteiger partial charge in [0.2, 0.25) is 0 Å². The monoisotopic (exact) mass is 272 g/mol. The molecular formula is C15H20N4O. The highest BCUT2D eigenvalue weighted by molar-refractivity contribution is 5.77. The maximum absolute atomic E-state index is 12.3. The van der Waals surface area contributed by atoms with Crippen LogP contribution in [0.25, 0.3) is 10.9 Å². The SMILES string of the molecule is Cn1c(CCN2CCNCC2)nc2ccccc2c1=O. The summed E-state index contributed by atoms with van der Waals surface area (Å²) in [6, 6.07) is 7.55. The first-order valence-corrected chi connectivity index (χ1v) is 7.13. The van der Waals surface area contributed by atoms with Crippen LogP contribution in [0.5, 0.6) is 0 Å². The van der Waals surface area contributed by atoms with Crippen LogP contribution in [-0.2, 0) is 13.5 Å². The van der Waals surface area contributed by atoms with Crippen molar-refractivity contribution in [3.05, 3.63) is 40.4 Å². The molecule has 1 aromatic heterocycles. The smallest absolute Gasteiger partial charge is 0.261 e. The molecule has 0 unspecified atom stereocenters. The van der Waals surface area contributed by atoms with Crippen molar-refractivity contribution in [3.8, 4) is 0 Å². The van der Waals surface area contributed by atoms with E-state index in [1.165, 1.54) is 0 Å². The standard InChI is InChI=1S/C15H20N4O/c1-18-14(6-9-19-10-7-16-8-11-19)17-13-5-3-2-4-12(13)15(18)20/h2-5,16H,6-11H2,1H3. The summed E-state index contributed by atoms with van der Waals surface area (Å²) >= 11 is 0. The van der Waals surface area contributed by atoms with Gasteiger partial charge in [0.25, 0.3) is 5.56 Å². The fourth-order valence-corrected chi connectivity index (χ4v) is 2.68. The molecule has 106 valence electrons. The summed E-state index contributed by atoms with van der Waals surface area (Å²) in [7, 11) is 1.81. The van der Waals surface area contributed by atoms with Crippen molar-refractivity contribution >= 4 is 10.9 Å². The van der Waals surface area contributed by atoms with Gasteiger partial charge in [0.15, 0.2) is 0 Å². The van der Waals surface area contributed by atoms with E-state index in [0.29, 0.717) is 5.39 Å². The van der Waals surface area contributed by atoms with E-state index in [0.717, 1.165) is 50.5 Å². The first-order chi connectivity index (χ1) is 9.75. The normalized spacial score (nSPS) is 16.6. The Kier molecular flexibility index (Phi) is 3.80. The van der Waals surface area contributed by atoms with Gasteiger partial charge >= 0.3 is 0 Å². The van der Waals surface area contributed by atoms with Crippen LogP contribution in [0.3, 0.4) is 0 Å². The Labute approximate surface area is 118 Å². The first-order valence-electron chi connectivity index (χ1n) is 7.13. The van der Waals surface area contributed by atoms with E-state index >= 15 is 0 Å². The summed E-state index contributed by atoms with van der Waals surface area (Å²) in [6.45, 7) is 5.19. The zero-order valence-corrected chi connectivity index (χ0v) is 11.8. The van der Waals surface area contributed by atoms with Crippen LogP contribution in [0.15, 0.2) is 29.1 Å². The van der Waals surface area contributed by atoms with Crippen LogP contribution >= 0.6 is 0 Å². The highest BCUT2D eigenvalue weighted by atomic mass is 16.1. The molecular weight excluding hydrogens is 252 g/mol. The second-order valence-electron chi connectivity index (χ2n) is 5.25. The number of para-hydroxylation sites is 1. The van der Waals surface area contributed by atoms with E-state index in [1.54, 1.807) is 4.57 Å². The van der Waals surface area contributed by atoms with Gasteiger partial charge < -0.3 is 10.2 Å². The maximum atomic E-state index is 12.3. The number of piperazine rings is 1. The summed E-state index contributed by atoms with van der Waals surface area (Å²) < 4.78 is 1.69. The van der Waals surface area contributed by atoms with E-state index in [-0.39, 0.29) is 5.56 Å². The van der Waals surface area contributed by atoms with E-state index in [1.807, 2.05) is 31.3 Å². The van der Waals surface area contributed by atoms with Gasteiger partial charge in [-0.1, -0.05) is 12.1 Å². The van der Waals surface area contributed by atoms with Crippen LogP contribution in [0.1, 0.15) is 5.82 Å². The van der Waals surface area contributed by atoms with Crippen LogP contribution in [0, 0.1) is 0 Å². The molecule has 5 heteroatoms. The van der Waals surface area contributed by atoms with Crippen LogP contribution < -0.4 is 10.9 Å². The summed E-state index contributed by atoms with van der Waals surface area (Å²) in [4.78, 5) is 19.4. The third-order valence-electron chi connectivity index (χ3n) is 3.94. The second kappa shape index (κ2) is 5.73. The predicted octanol–water partition coefficient (Wildman–Crippen LogP) is 0.381. The van der Waals surface area contributed by atoms with Crippen molar-refractivity contribution in [1.82, 2.24) is 19.8 Å². The van der Waals surface area contributed by atoms with Gasteiger partial charge in [0, 0.05) is 46.2 Å². The molecule has 0 radical (unpaired) electrons. The molecule has 0 amide bonds. The van der Waals surface area contributed by atoms with Crippen molar-refractivity contribution in [2.45, 2.75) is 6.42 Å². The van der Waals surface area contributed by atoms with Gasteiger partial charge in [-0.15, -0.1) is 0 Å². The van der Waals surface area contributed by atoms with Crippen molar-refractivity contribution in [3.63, 3.8) is 0 Å². The number of hydrogen-bond donors (Lipinski definition) is 1. The van der Waals surface area contributed by atoms with E-state index in [9.17, 15) is 4.79 Å². The van der Waals surface area contributed by atoms with Gasteiger partial charge in [0.1, 0.15) is 5.82 Å². The van der Waals surface area contributed by atoms with Gasteiger partial charge in [-0.05, 0) is 12.1 Å². The summed E-state index contributed by atoms with van der Waals surface area (Å²) in [5, 5.41) is 4.04. The summed E-state index contributed by atoms with van der Waals surface area (Å²) in [5.41, 5.74) is 0.844. The van der Waals surface area contributed by atoms with Gasteiger partial charge in [0.05, 0.1) is 10.9 Å². The highest BCUT2D eigenvalue weighted by Gasteiger charge is 2.12. The van der Waals surface area contributed by atoms with Crippen LogP contribution in [0.2, 0.25) is 0 Å². The number of nitrogens with zero attached hydrogens (tertiary/aromatic N) is 3. The van der Waals surface area contributed by atoms with E-state index in [4.69, 9.17) is 0 Å². The second-order valence-corrected chi connectivity index (χ2v) is 5.25. The quantitative estimate of drug-likeness (QED) is 0.878. The average Bonchev–Trinajstić information content (AvgIpc) is 2.50. The molecule has 1 saturated heterocycles. The molecule has 1 N–H and O–H groups in total. The molecule has 1 fully saturated rings. The lowest BCUT2D eigenvalue weighted by Crippen LogP contribution is -2.44. The third-order valence-corrected chi connectivity index (χ3v) is 3.94. The minimum Gasteiger partial charge on any atom is -0.314 e. The van der Waals surface area contributed by atoms with Crippen molar-refractivity contribution < 1.29 is 0 Å². The number of rotatable bonds is 3. The molecule has 0 bridgehead atoms. The lowest BCUT2D eigenvalue weighted by Gasteiger charge is -2.27. The Morgan fingerprint density at radius 2 is 2.00 bits per heavy atom.